The molecular weight excluding hydrogens is 174 g/mol. The number of hydrogen-bond acceptors (Lipinski definition) is 2. The van der Waals surface area contributed by atoms with Crippen LogP contribution in [0.4, 0.5) is 0 Å². The Morgan fingerprint density at radius 1 is 1.42 bits per heavy atom. The fourth-order valence-corrected chi connectivity index (χ4v) is 1.03. The Hall–Kier alpha value is -0.600. The van der Waals surface area contributed by atoms with Gasteiger partial charge in [-0.25, -0.2) is 0 Å². The van der Waals surface area contributed by atoms with Crippen LogP contribution in [0.15, 0.2) is 24.5 Å². The Balaban J connectivity index is 0.00000121. The summed E-state index contributed by atoms with van der Waals surface area (Å²) in [6, 6.07) is 3.70. The monoisotopic (exact) mass is 187 g/mol. The first-order valence-corrected chi connectivity index (χ1v) is 3.92. The standard InChI is InChI=1S/C9H13NO.ClH/c1-2-3-9(11)8-4-6-10-7-5-8;/h4-7,9,11H,2-3H2,1H3;1H. The Bertz CT molecular complexity index is 203. The third kappa shape index (κ3) is 3.20. The fourth-order valence-electron chi connectivity index (χ4n) is 1.03. The van der Waals surface area contributed by atoms with E-state index in [1.54, 1.807) is 12.4 Å². The topological polar surface area (TPSA) is 33.1 Å². The van der Waals surface area contributed by atoms with Crippen LogP contribution in [-0.2, 0) is 0 Å². The normalized spacial score (nSPS) is 11.8. The van der Waals surface area contributed by atoms with Crippen molar-refractivity contribution in [2.45, 2.75) is 25.9 Å². The van der Waals surface area contributed by atoms with Gasteiger partial charge in [0.05, 0.1) is 6.10 Å². The van der Waals surface area contributed by atoms with Crippen LogP contribution in [0.1, 0.15) is 31.4 Å². The summed E-state index contributed by atoms with van der Waals surface area (Å²) in [4.78, 5) is 3.88. The SMILES string of the molecule is CCCC(O)c1ccncc1.Cl. The molecule has 0 aliphatic rings. The molecule has 1 unspecified atom stereocenters. The number of aromatic nitrogens is 1. The minimum Gasteiger partial charge on any atom is -0.388 e. The van der Waals surface area contributed by atoms with Gasteiger partial charge in [-0.2, -0.15) is 0 Å². The first kappa shape index (κ1) is 11.4. The molecule has 1 N–H and O–H groups in total. The van der Waals surface area contributed by atoms with Crippen LogP contribution in [-0.4, -0.2) is 10.1 Å². The van der Waals surface area contributed by atoms with Crippen molar-refractivity contribution in [3.63, 3.8) is 0 Å². The highest BCUT2D eigenvalue weighted by molar-refractivity contribution is 5.85. The molecule has 0 aromatic carbocycles. The maximum atomic E-state index is 9.49. The van der Waals surface area contributed by atoms with Crippen LogP contribution in [0, 0.1) is 0 Å². The van der Waals surface area contributed by atoms with Gasteiger partial charge in [-0.3, -0.25) is 4.98 Å². The summed E-state index contributed by atoms with van der Waals surface area (Å²) >= 11 is 0. The van der Waals surface area contributed by atoms with Crippen molar-refractivity contribution in [3.8, 4) is 0 Å². The smallest absolute Gasteiger partial charge is 0.0791 e. The number of rotatable bonds is 3. The lowest BCUT2D eigenvalue weighted by Gasteiger charge is -2.07. The van der Waals surface area contributed by atoms with Gasteiger partial charge in [0.2, 0.25) is 0 Å². The average Bonchev–Trinajstić information content (AvgIpc) is 2.07. The first-order valence-electron chi connectivity index (χ1n) is 3.92. The molecule has 3 heteroatoms. The minimum absolute atomic E-state index is 0. The fraction of sp³-hybridized carbons (Fsp3) is 0.444. The number of halogens is 1. The zero-order valence-electron chi connectivity index (χ0n) is 7.10. The maximum absolute atomic E-state index is 9.49. The Labute approximate surface area is 79.1 Å². The highest BCUT2D eigenvalue weighted by atomic mass is 35.5. The molecule has 68 valence electrons. The lowest BCUT2D eigenvalue weighted by atomic mass is 10.1. The molecule has 1 atom stereocenters. The molecule has 0 aliphatic carbocycles. The van der Waals surface area contributed by atoms with E-state index in [-0.39, 0.29) is 18.5 Å². The van der Waals surface area contributed by atoms with Crippen molar-refractivity contribution >= 4 is 12.4 Å². The van der Waals surface area contributed by atoms with Crippen molar-refractivity contribution in [2.75, 3.05) is 0 Å². The van der Waals surface area contributed by atoms with Crippen molar-refractivity contribution < 1.29 is 5.11 Å². The molecule has 1 rings (SSSR count). The molecule has 0 fully saturated rings. The van der Waals surface area contributed by atoms with Crippen LogP contribution in [0.3, 0.4) is 0 Å². The Morgan fingerprint density at radius 3 is 2.50 bits per heavy atom. The second-order valence-electron chi connectivity index (χ2n) is 2.59. The van der Waals surface area contributed by atoms with Crippen molar-refractivity contribution in [1.29, 1.82) is 0 Å². The van der Waals surface area contributed by atoms with E-state index in [0.29, 0.717) is 0 Å². The predicted molar refractivity (Wildman–Crippen MR) is 51.4 cm³/mol. The summed E-state index contributed by atoms with van der Waals surface area (Å²) in [5.74, 6) is 0. The van der Waals surface area contributed by atoms with E-state index < -0.39 is 0 Å². The molecule has 0 saturated carbocycles. The summed E-state index contributed by atoms with van der Waals surface area (Å²) in [6.45, 7) is 2.06. The Kier molecular flexibility index (Phi) is 5.68. The summed E-state index contributed by atoms with van der Waals surface area (Å²) in [5.41, 5.74) is 0.960. The van der Waals surface area contributed by atoms with Gasteiger partial charge in [0.15, 0.2) is 0 Å². The summed E-state index contributed by atoms with van der Waals surface area (Å²) in [6.07, 6.45) is 4.92. The first-order chi connectivity index (χ1) is 5.34. The van der Waals surface area contributed by atoms with Gasteiger partial charge in [-0.05, 0) is 24.1 Å². The molecule has 0 amide bonds. The largest absolute Gasteiger partial charge is 0.388 e. The van der Waals surface area contributed by atoms with Crippen LogP contribution in [0.25, 0.3) is 0 Å². The molecule has 0 spiro atoms. The van der Waals surface area contributed by atoms with E-state index in [1.165, 1.54) is 0 Å². The Morgan fingerprint density at radius 2 is 2.00 bits per heavy atom. The van der Waals surface area contributed by atoms with Crippen LogP contribution >= 0.6 is 12.4 Å². The third-order valence-electron chi connectivity index (χ3n) is 1.65. The second kappa shape index (κ2) is 5.98. The van der Waals surface area contributed by atoms with Crippen molar-refractivity contribution in [1.82, 2.24) is 4.98 Å². The summed E-state index contributed by atoms with van der Waals surface area (Å²) < 4.78 is 0. The van der Waals surface area contributed by atoms with E-state index in [1.807, 2.05) is 12.1 Å². The molecule has 1 aromatic heterocycles. The quantitative estimate of drug-likeness (QED) is 0.788. The lowest BCUT2D eigenvalue weighted by molar-refractivity contribution is 0.166. The van der Waals surface area contributed by atoms with Gasteiger partial charge in [0.1, 0.15) is 0 Å². The average molecular weight is 188 g/mol. The molecule has 1 heterocycles. The highest BCUT2D eigenvalue weighted by Gasteiger charge is 2.03. The second-order valence-corrected chi connectivity index (χ2v) is 2.59. The van der Waals surface area contributed by atoms with Gasteiger partial charge in [0, 0.05) is 12.4 Å². The van der Waals surface area contributed by atoms with Gasteiger partial charge in [-0.1, -0.05) is 13.3 Å². The van der Waals surface area contributed by atoms with Crippen LogP contribution in [0.2, 0.25) is 0 Å². The predicted octanol–water partition coefficient (Wildman–Crippen LogP) is 2.34. The molecule has 2 nitrogen and oxygen atoms in total. The van der Waals surface area contributed by atoms with Gasteiger partial charge >= 0.3 is 0 Å². The van der Waals surface area contributed by atoms with E-state index in [0.717, 1.165) is 18.4 Å². The number of hydrogen-bond donors (Lipinski definition) is 1. The van der Waals surface area contributed by atoms with Gasteiger partial charge in [0.25, 0.3) is 0 Å². The zero-order valence-corrected chi connectivity index (χ0v) is 7.92. The molecule has 12 heavy (non-hydrogen) atoms. The minimum atomic E-state index is -0.317. The van der Waals surface area contributed by atoms with E-state index in [9.17, 15) is 5.11 Å². The number of pyridine rings is 1. The molecule has 0 bridgehead atoms. The molecular formula is C9H14ClNO. The van der Waals surface area contributed by atoms with Gasteiger partial charge in [-0.15, -0.1) is 12.4 Å². The third-order valence-corrected chi connectivity index (χ3v) is 1.65. The van der Waals surface area contributed by atoms with E-state index in [2.05, 4.69) is 11.9 Å². The lowest BCUT2D eigenvalue weighted by Crippen LogP contribution is -1.95. The maximum Gasteiger partial charge on any atom is 0.0791 e. The van der Waals surface area contributed by atoms with E-state index in [4.69, 9.17) is 0 Å². The molecule has 1 aromatic rings. The molecule has 0 saturated heterocycles. The van der Waals surface area contributed by atoms with E-state index >= 15 is 0 Å². The molecule has 0 aliphatic heterocycles. The summed E-state index contributed by atoms with van der Waals surface area (Å²) in [5, 5.41) is 9.49. The zero-order chi connectivity index (χ0) is 8.10. The van der Waals surface area contributed by atoms with Crippen LogP contribution < -0.4 is 0 Å². The number of aliphatic hydroxyl groups is 1. The van der Waals surface area contributed by atoms with Crippen molar-refractivity contribution in [3.05, 3.63) is 30.1 Å². The number of aliphatic hydroxyl groups excluding tert-OH is 1. The highest BCUT2D eigenvalue weighted by Crippen LogP contribution is 2.15. The van der Waals surface area contributed by atoms with Crippen LogP contribution in [0.5, 0.6) is 0 Å². The molecule has 0 radical (unpaired) electrons. The van der Waals surface area contributed by atoms with Gasteiger partial charge < -0.3 is 5.11 Å². The van der Waals surface area contributed by atoms with Crippen molar-refractivity contribution in [2.24, 2.45) is 0 Å². The summed E-state index contributed by atoms with van der Waals surface area (Å²) in [7, 11) is 0. The number of nitrogens with zero attached hydrogens (tertiary/aromatic N) is 1.